The third-order valence-electron chi connectivity index (χ3n) is 2.92. The minimum atomic E-state index is -0.230. The summed E-state index contributed by atoms with van der Waals surface area (Å²) in [4.78, 5) is 25.3. The van der Waals surface area contributed by atoms with Crippen LogP contribution >= 0.6 is 15.9 Å². The quantitative estimate of drug-likeness (QED) is 0.808. The molecule has 19 heavy (non-hydrogen) atoms. The van der Waals surface area contributed by atoms with Gasteiger partial charge < -0.3 is 15.3 Å². The monoisotopic (exact) mass is 326 g/mol. The Labute approximate surface area is 119 Å². The van der Waals surface area contributed by atoms with E-state index < -0.39 is 0 Å². The van der Waals surface area contributed by atoms with Gasteiger partial charge in [0.2, 0.25) is 5.91 Å². The van der Waals surface area contributed by atoms with E-state index in [-0.39, 0.29) is 29.8 Å². The summed E-state index contributed by atoms with van der Waals surface area (Å²) in [6, 6.07) is 6.88. The number of hydrogen-bond donors (Lipinski definition) is 2. The zero-order chi connectivity index (χ0) is 13.8. The van der Waals surface area contributed by atoms with E-state index in [4.69, 9.17) is 5.11 Å². The molecule has 1 aromatic carbocycles. The summed E-state index contributed by atoms with van der Waals surface area (Å²) in [7, 11) is 0. The zero-order valence-corrected chi connectivity index (χ0v) is 11.9. The predicted octanol–water partition coefficient (Wildman–Crippen LogP) is 0.909. The molecule has 2 amide bonds. The van der Waals surface area contributed by atoms with Gasteiger partial charge in [-0.05, 0) is 24.3 Å². The molecule has 0 radical (unpaired) electrons. The summed E-state index contributed by atoms with van der Waals surface area (Å²) in [5, 5.41) is 11.2. The predicted molar refractivity (Wildman–Crippen MR) is 75.5 cm³/mol. The third kappa shape index (κ3) is 3.33. The highest BCUT2D eigenvalue weighted by Crippen LogP contribution is 2.25. The van der Waals surface area contributed by atoms with Crippen LogP contribution in [0.2, 0.25) is 0 Å². The number of hydrogen-bond acceptors (Lipinski definition) is 3. The number of rotatable bonds is 4. The van der Waals surface area contributed by atoms with Gasteiger partial charge in [0.1, 0.15) is 0 Å². The molecular formula is C13H15BrN2O3. The van der Waals surface area contributed by atoms with Crippen molar-refractivity contribution < 1.29 is 14.7 Å². The van der Waals surface area contributed by atoms with Crippen LogP contribution in [0.3, 0.4) is 0 Å². The number of halogens is 1. The number of anilines is 1. The average molecular weight is 327 g/mol. The normalized spacial score (nSPS) is 18.7. The first-order chi connectivity index (χ1) is 9.11. The van der Waals surface area contributed by atoms with Crippen molar-refractivity contribution >= 4 is 33.4 Å². The van der Waals surface area contributed by atoms with Gasteiger partial charge in [-0.15, -0.1) is 0 Å². The highest BCUT2D eigenvalue weighted by molar-refractivity contribution is 9.09. The fourth-order valence-corrected chi connectivity index (χ4v) is 2.54. The van der Waals surface area contributed by atoms with Crippen LogP contribution in [0.1, 0.15) is 16.8 Å². The molecule has 102 valence electrons. The van der Waals surface area contributed by atoms with Crippen LogP contribution in [-0.2, 0) is 4.79 Å². The first-order valence-corrected chi connectivity index (χ1v) is 6.97. The van der Waals surface area contributed by atoms with Gasteiger partial charge in [0.15, 0.2) is 0 Å². The Morgan fingerprint density at radius 1 is 1.42 bits per heavy atom. The van der Waals surface area contributed by atoms with E-state index in [1.807, 2.05) is 0 Å². The van der Waals surface area contributed by atoms with E-state index in [2.05, 4.69) is 21.2 Å². The molecule has 6 heteroatoms. The first kappa shape index (κ1) is 14.0. The molecule has 0 saturated carbocycles. The summed E-state index contributed by atoms with van der Waals surface area (Å²) in [5.74, 6) is -0.147. The summed E-state index contributed by atoms with van der Waals surface area (Å²) in [6.45, 7) is 0.796. The Hall–Kier alpha value is -1.40. The molecule has 0 aliphatic carbocycles. The topological polar surface area (TPSA) is 69.6 Å². The second kappa shape index (κ2) is 6.16. The molecule has 1 atom stereocenters. The summed E-state index contributed by atoms with van der Waals surface area (Å²) >= 11 is 3.43. The number of nitrogens with one attached hydrogen (secondary N) is 1. The molecule has 1 saturated heterocycles. The van der Waals surface area contributed by atoms with E-state index in [0.29, 0.717) is 18.5 Å². The van der Waals surface area contributed by atoms with Crippen molar-refractivity contribution in [1.29, 1.82) is 0 Å². The molecule has 2 rings (SSSR count). The van der Waals surface area contributed by atoms with Crippen LogP contribution in [0.4, 0.5) is 5.69 Å². The number of aliphatic hydroxyl groups is 1. The lowest BCUT2D eigenvalue weighted by Crippen LogP contribution is -2.27. The maximum absolute atomic E-state index is 11.7. The van der Waals surface area contributed by atoms with Crippen LogP contribution in [-0.4, -0.2) is 41.4 Å². The van der Waals surface area contributed by atoms with Crippen LogP contribution < -0.4 is 10.2 Å². The lowest BCUT2D eigenvalue weighted by molar-refractivity contribution is -0.117. The van der Waals surface area contributed by atoms with Gasteiger partial charge in [-0.25, -0.2) is 0 Å². The number of alkyl halides is 1. The van der Waals surface area contributed by atoms with Crippen LogP contribution in [0.15, 0.2) is 24.3 Å². The Morgan fingerprint density at radius 3 is 2.63 bits per heavy atom. The summed E-state index contributed by atoms with van der Waals surface area (Å²) in [5.41, 5.74) is 1.31. The van der Waals surface area contributed by atoms with Gasteiger partial charge in [-0.1, -0.05) is 15.9 Å². The Kier molecular flexibility index (Phi) is 4.55. The minimum Gasteiger partial charge on any atom is -0.395 e. The van der Waals surface area contributed by atoms with Gasteiger partial charge in [0.05, 0.1) is 6.61 Å². The largest absolute Gasteiger partial charge is 0.395 e. The smallest absolute Gasteiger partial charge is 0.251 e. The van der Waals surface area contributed by atoms with Gasteiger partial charge >= 0.3 is 0 Å². The molecule has 0 aromatic heterocycles. The summed E-state index contributed by atoms with van der Waals surface area (Å²) < 4.78 is 0. The molecule has 1 heterocycles. The van der Waals surface area contributed by atoms with E-state index in [1.165, 1.54) is 0 Å². The molecule has 0 bridgehead atoms. The molecular weight excluding hydrogens is 312 g/mol. The van der Waals surface area contributed by atoms with Gasteiger partial charge in [-0.2, -0.15) is 0 Å². The molecule has 1 unspecified atom stereocenters. The van der Waals surface area contributed by atoms with E-state index in [1.54, 1.807) is 29.2 Å². The molecule has 1 aliphatic heterocycles. The van der Waals surface area contributed by atoms with Gasteiger partial charge in [-0.3, -0.25) is 9.59 Å². The second-order valence-corrected chi connectivity index (χ2v) is 5.63. The lowest BCUT2D eigenvalue weighted by Gasteiger charge is -2.16. The molecule has 0 spiro atoms. The van der Waals surface area contributed by atoms with Crippen molar-refractivity contribution in [2.75, 3.05) is 24.6 Å². The molecule has 5 nitrogen and oxygen atoms in total. The molecule has 1 aromatic rings. The highest BCUT2D eigenvalue weighted by Gasteiger charge is 2.28. The number of amides is 2. The molecule has 2 N–H and O–H groups in total. The zero-order valence-electron chi connectivity index (χ0n) is 10.3. The van der Waals surface area contributed by atoms with Gasteiger partial charge in [0, 0.05) is 35.6 Å². The number of carbonyl (C=O) groups excluding carboxylic acids is 2. The van der Waals surface area contributed by atoms with E-state index >= 15 is 0 Å². The maximum atomic E-state index is 11.7. The van der Waals surface area contributed by atoms with E-state index in [0.717, 1.165) is 5.69 Å². The standard InChI is InChI=1S/C13H15BrN2O3/c14-10-7-12(18)16(8-10)11-3-1-9(2-4-11)13(19)15-5-6-17/h1-4,10,17H,5-8H2,(H,15,19). The average Bonchev–Trinajstić information content (AvgIpc) is 2.75. The number of benzene rings is 1. The Morgan fingerprint density at radius 2 is 2.11 bits per heavy atom. The number of aliphatic hydroxyl groups excluding tert-OH is 1. The Balaban J connectivity index is 2.06. The van der Waals surface area contributed by atoms with Gasteiger partial charge in [0.25, 0.3) is 5.91 Å². The SMILES string of the molecule is O=C(NCCO)c1ccc(N2CC(Br)CC2=O)cc1. The fourth-order valence-electron chi connectivity index (χ4n) is 1.98. The van der Waals surface area contributed by atoms with Crippen LogP contribution in [0.5, 0.6) is 0 Å². The number of nitrogens with zero attached hydrogens (tertiary/aromatic N) is 1. The van der Waals surface area contributed by atoms with E-state index in [9.17, 15) is 9.59 Å². The van der Waals surface area contributed by atoms with Crippen LogP contribution in [0.25, 0.3) is 0 Å². The van der Waals surface area contributed by atoms with Crippen molar-refractivity contribution in [1.82, 2.24) is 5.32 Å². The lowest BCUT2D eigenvalue weighted by atomic mass is 10.2. The van der Waals surface area contributed by atoms with Crippen LogP contribution in [0, 0.1) is 0 Å². The minimum absolute atomic E-state index is 0.0827. The molecule has 1 aliphatic rings. The first-order valence-electron chi connectivity index (χ1n) is 6.05. The van der Waals surface area contributed by atoms with Crippen molar-refractivity contribution in [3.05, 3.63) is 29.8 Å². The third-order valence-corrected chi connectivity index (χ3v) is 3.53. The second-order valence-electron chi connectivity index (χ2n) is 4.33. The summed E-state index contributed by atoms with van der Waals surface area (Å²) in [6.07, 6.45) is 0.499. The Bertz CT molecular complexity index is 475. The maximum Gasteiger partial charge on any atom is 0.251 e. The highest BCUT2D eigenvalue weighted by atomic mass is 79.9. The van der Waals surface area contributed by atoms with Crippen molar-refractivity contribution in [3.63, 3.8) is 0 Å². The van der Waals surface area contributed by atoms with Crippen molar-refractivity contribution in [3.8, 4) is 0 Å². The molecule has 1 fully saturated rings. The number of carbonyl (C=O) groups is 2. The fraction of sp³-hybridized carbons (Fsp3) is 0.385. The van der Waals surface area contributed by atoms with Crippen molar-refractivity contribution in [2.45, 2.75) is 11.2 Å². The van der Waals surface area contributed by atoms with Crippen molar-refractivity contribution in [2.24, 2.45) is 0 Å².